The van der Waals surface area contributed by atoms with Crippen molar-refractivity contribution in [1.29, 1.82) is 0 Å². The van der Waals surface area contributed by atoms with E-state index in [4.69, 9.17) is 0 Å². The number of allylic oxidation sites excluding steroid dienone is 1. The zero-order valence-corrected chi connectivity index (χ0v) is 13.1. The first kappa shape index (κ1) is 14.6. The average Bonchev–Trinajstić information content (AvgIpc) is 2.45. The molecule has 0 aliphatic carbocycles. The number of hydrogen-bond acceptors (Lipinski definition) is 1. The van der Waals surface area contributed by atoms with E-state index in [0.717, 1.165) is 11.3 Å². The molecule has 0 amide bonds. The molecule has 1 aliphatic rings. The second kappa shape index (κ2) is 5.70. The third-order valence-electron chi connectivity index (χ3n) is 4.50. The Morgan fingerprint density at radius 3 is 2.60 bits per heavy atom. The van der Waals surface area contributed by atoms with E-state index >= 15 is 0 Å². The number of nitrogens with zero attached hydrogens (tertiary/aromatic N) is 1. The van der Waals surface area contributed by atoms with Crippen LogP contribution in [0.25, 0.3) is 17.3 Å². The SMILES string of the molecule is C=C(C)c1cccc2c1C=CN(C(C)C(C)CC)C2=C. The molecule has 1 aromatic rings. The van der Waals surface area contributed by atoms with E-state index in [2.05, 4.69) is 76.2 Å². The van der Waals surface area contributed by atoms with Gasteiger partial charge in [-0.05, 0) is 37.0 Å². The molecule has 0 spiro atoms. The van der Waals surface area contributed by atoms with Crippen molar-refractivity contribution in [3.63, 3.8) is 0 Å². The van der Waals surface area contributed by atoms with Gasteiger partial charge in [0.15, 0.2) is 0 Å². The molecule has 20 heavy (non-hydrogen) atoms. The van der Waals surface area contributed by atoms with Crippen LogP contribution in [-0.4, -0.2) is 10.9 Å². The van der Waals surface area contributed by atoms with Crippen LogP contribution in [0.3, 0.4) is 0 Å². The lowest BCUT2D eigenvalue weighted by Crippen LogP contribution is -2.33. The predicted molar refractivity (Wildman–Crippen MR) is 90.0 cm³/mol. The number of rotatable bonds is 4. The van der Waals surface area contributed by atoms with Crippen molar-refractivity contribution in [3.8, 4) is 0 Å². The molecule has 0 aromatic heterocycles. The summed E-state index contributed by atoms with van der Waals surface area (Å²) >= 11 is 0. The molecule has 0 radical (unpaired) electrons. The highest BCUT2D eigenvalue weighted by atomic mass is 15.2. The number of hydrogen-bond donors (Lipinski definition) is 0. The Labute approximate surface area is 123 Å². The molecule has 2 rings (SSSR count). The van der Waals surface area contributed by atoms with Gasteiger partial charge >= 0.3 is 0 Å². The zero-order chi connectivity index (χ0) is 14.9. The molecule has 1 aromatic carbocycles. The van der Waals surface area contributed by atoms with E-state index in [1.54, 1.807) is 0 Å². The lowest BCUT2D eigenvalue weighted by molar-refractivity contribution is 0.299. The van der Waals surface area contributed by atoms with Crippen LogP contribution in [0.1, 0.15) is 50.8 Å². The molecule has 1 aliphatic heterocycles. The quantitative estimate of drug-likeness (QED) is 0.705. The minimum Gasteiger partial charge on any atom is -0.345 e. The normalized spacial score (nSPS) is 16.8. The Morgan fingerprint density at radius 1 is 1.30 bits per heavy atom. The summed E-state index contributed by atoms with van der Waals surface area (Å²) in [4.78, 5) is 2.30. The van der Waals surface area contributed by atoms with Crippen LogP contribution in [0, 0.1) is 5.92 Å². The summed E-state index contributed by atoms with van der Waals surface area (Å²) in [7, 11) is 0. The Morgan fingerprint density at radius 2 is 2.00 bits per heavy atom. The maximum absolute atomic E-state index is 4.32. The third kappa shape index (κ3) is 2.45. The van der Waals surface area contributed by atoms with Crippen LogP contribution in [-0.2, 0) is 0 Å². The fraction of sp³-hybridized carbons (Fsp3) is 0.368. The topological polar surface area (TPSA) is 3.24 Å². The molecule has 1 heteroatoms. The highest BCUT2D eigenvalue weighted by Crippen LogP contribution is 2.35. The van der Waals surface area contributed by atoms with E-state index in [1.165, 1.54) is 23.1 Å². The largest absolute Gasteiger partial charge is 0.345 e. The van der Waals surface area contributed by atoms with Gasteiger partial charge in [0.25, 0.3) is 0 Å². The maximum Gasteiger partial charge on any atom is 0.0415 e. The summed E-state index contributed by atoms with van der Waals surface area (Å²) < 4.78 is 0. The van der Waals surface area contributed by atoms with Crippen LogP contribution in [0.4, 0.5) is 0 Å². The van der Waals surface area contributed by atoms with E-state index in [9.17, 15) is 0 Å². The fourth-order valence-electron chi connectivity index (χ4n) is 2.75. The third-order valence-corrected chi connectivity index (χ3v) is 4.50. The van der Waals surface area contributed by atoms with Crippen LogP contribution in [0.5, 0.6) is 0 Å². The van der Waals surface area contributed by atoms with Crippen molar-refractivity contribution in [1.82, 2.24) is 4.90 Å². The smallest absolute Gasteiger partial charge is 0.0415 e. The van der Waals surface area contributed by atoms with E-state index in [1.807, 2.05) is 0 Å². The number of fused-ring (bicyclic) bond motifs is 1. The van der Waals surface area contributed by atoms with Crippen molar-refractivity contribution in [2.45, 2.75) is 40.2 Å². The van der Waals surface area contributed by atoms with Crippen LogP contribution < -0.4 is 0 Å². The Hall–Kier alpha value is -1.76. The van der Waals surface area contributed by atoms with Crippen molar-refractivity contribution >= 4 is 17.3 Å². The summed E-state index contributed by atoms with van der Waals surface area (Å²) in [5.41, 5.74) is 5.89. The van der Waals surface area contributed by atoms with Gasteiger partial charge in [-0.15, -0.1) is 0 Å². The zero-order valence-electron chi connectivity index (χ0n) is 13.1. The Bertz CT molecular complexity index is 565. The standard InChI is InChI=1S/C19H25N/c1-7-14(4)15(5)20-12-11-19-17(13(2)3)9-8-10-18(19)16(20)6/h8-12,14-15H,2,6-7H2,1,3-5H3. The average molecular weight is 267 g/mol. The monoisotopic (exact) mass is 267 g/mol. The highest BCUT2D eigenvalue weighted by molar-refractivity contribution is 5.83. The Kier molecular flexibility index (Phi) is 4.17. The summed E-state index contributed by atoms with van der Waals surface area (Å²) in [5, 5.41) is 0. The van der Waals surface area contributed by atoms with Gasteiger partial charge in [0.2, 0.25) is 0 Å². The molecule has 0 N–H and O–H groups in total. The van der Waals surface area contributed by atoms with Gasteiger partial charge < -0.3 is 4.90 Å². The van der Waals surface area contributed by atoms with Gasteiger partial charge in [-0.1, -0.05) is 57.2 Å². The minimum atomic E-state index is 0.463. The molecule has 0 saturated heterocycles. The lowest BCUT2D eigenvalue weighted by Gasteiger charge is -2.36. The van der Waals surface area contributed by atoms with Crippen molar-refractivity contribution in [3.05, 3.63) is 54.2 Å². The van der Waals surface area contributed by atoms with Gasteiger partial charge in [0, 0.05) is 23.5 Å². The number of benzene rings is 1. The van der Waals surface area contributed by atoms with Gasteiger partial charge in [-0.25, -0.2) is 0 Å². The molecule has 1 nitrogen and oxygen atoms in total. The second-order valence-electron chi connectivity index (χ2n) is 5.84. The Balaban J connectivity index is 2.41. The summed E-state index contributed by atoms with van der Waals surface area (Å²) in [6, 6.07) is 6.85. The van der Waals surface area contributed by atoms with Crippen molar-refractivity contribution in [2.24, 2.45) is 5.92 Å². The molecular weight excluding hydrogens is 242 g/mol. The van der Waals surface area contributed by atoms with Gasteiger partial charge in [-0.2, -0.15) is 0 Å². The molecule has 2 unspecified atom stereocenters. The maximum atomic E-state index is 4.32. The highest BCUT2D eigenvalue weighted by Gasteiger charge is 2.24. The molecule has 0 saturated carbocycles. The second-order valence-corrected chi connectivity index (χ2v) is 5.84. The first-order valence-corrected chi connectivity index (χ1v) is 7.42. The van der Waals surface area contributed by atoms with Gasteiger partial charge in [-0.3, -0.25) is 0 Å². The first-order valence-electron chi connectivity index (χ1n) is 7.42. The van der Waals surface area contributed by atoms with Crippen LogP contribution >= 0.6 is 0 Å². The van der Waals surface area contributed by atoms with Crippen LogP contribution in [0.2, 0.25) is 0 Å². The van der Waals surface area contributed by atoms with Gasteiger partial charge in [0.05, 0.1) is 0 Å². The molecule has 0 bridgehead atoms. The summed E-state index contributed by atoms with van der Waals surface area (Å²) in [6.07, 6.45) is 5.55. The molecular formula is C19H25N. The van der Waals surface area contributed by atoms with Crippen molar-refractivity contribution < 1.29 is 0 Å². The molecule has 2 atom stereocenters. The predicted octanol–water partition coefficient (Wildman–Crippen LogP) is 5.41. The van der Waals surface area contributed by atoms with E-state index in [0.29, 0.717) is 12.0 Å². The molecule has 106 valence electrons. The molecule has 0 fully saturated rings. The van der Waals surface area contributed by atoms with E-state index < -0.39 is 0 Å². The lowest BCUT2D eigenvalue weighted by atomic mass is 9.91. The first-order chi connectivity index (χ1) is 9.47. The molecule has 1 heterocycles. The van der Waals surface area contributed by atoms with Crippen molar-refractivity contribution in [2.75, 3.05) is 0 Å². The van der Waals surface area contributed by atoms with Gasteiger partial charge in [0.1, 0.15) is 0 Å². The summed E-state index contributed by atoms with van der Waals surface area (Å²) in [6.45, 7) is 17.3. The minimum absolute atomic E-state index is 0.463. The van der Waals surface area contributed by atoms with E-state index in [-0.39, 0.29) is 0 Å². The fourth-order valence-corrected chi connectivity index (χ4v) is 2.75. The summed E-state index contributed by atoms with van der Waals surface area (Å²) in [5.74, 6) is 0.641. The van der Waals surface area contributed by atoms with Crippen LogP contribution in [0.15, 0.2) is 37.6 Å².